The fourth-order valence-electron chi connectivity index (χ4n) is 4.89. The quantitative estimate of drug-likeness (QED) is 0.630. The molecule has 6 atom stereocenters. The van der Waals surface area contributed by atoms with Crippen LogP contribution in [0.1, 0.15) is 16.8 Å². The van der Waals surface area contributed by atoms with E-state index >= 15 is 0 Å². The molecule has 2 bridgehead atoms. The number of hydrogen-bond donors (Lipinski definition) is 2. The number of imide groups is 1. The number of phenols is 1. The zero-order valence-corrected chi connectivity index (χ0v) is 12.8. The van der Waals surface area contributed by atoms with Crippen LogP contribution in [0.25, 0.3) is 0 Å². The minimum absolute atomic E-state index is 0.0388. The van der Waals surface area contributed by atoms with Crippen molar-refractivity contribution >= 4 is 17.7 Å². The maximum absolute atomic E-state index is 12.7. The van der Waals surface area contributed by atoms with E-state index in [1.165, 1.54) is 12.1 Å². The van der Waals surface area contributed by atoms with Crippen LogP contribution in [-0.4, -0.2) is 27.8 Å². The van der Waals surface area contributed by atoms with E-state index in [4.69, 9.17) is 0 Å². The first-order valence-corrected chi connectivity index (χ1v) is 8.23. The number of phenolic OH excluding ortho intramolecular Hbond substituents is 1. The van der Waals surface area contributed by atoms with E-state index < -0.39 is 5.91 Å². The average molecular weight is 324 g/mol. The number of nitrogens with one attached hydrogen (secondary N) is 1. The van der Waals surface area contributed by atoms with Gasteiger partial charge in [-0.15, -0.1) is 0 Å². The molecule has 3 fully saturated rings. The maximum atomic E-state index is 12.7. The summed E-state index contributed by atoms with van der Waals surface area (Å²) in [7, 11) is 0. The summed E-state index contributed by atoms with van der Waals surface area (Å²) in [5.74, 6) is -0.896. The first kappa shape index (κ1) is 13.8. The molecule has 6 nitrogen and oxygen atoms in total. The van der Waals surface area contributed by atoms with Crippen molar-refractivity contribution in [1.29, 1.82) is 0 Å². The predicted octanol–water partition coefficient (Wildman–Crippen LogP) is 1.09. The van der Waals surface area contributed by atoms with E-state index in [9.17, 15) is 19.5 Å². The van der Waals surface area contributed by atoms with Crippen LogP contribution in [0, 0.1) is 35.5 Å². The van der Waals surface area contributed by atoms with Crippen LogP contribution in [-0.2, 0) is 9.59 Å². The number of aromatic hydroxyl groups is 1. The van der Waals surface area contributed by atoms with Gasteiger partial charge in [-0.1, -0.05) is 24.3 Å². The molecule has 1 aromatic rings. The minimum atomic E-state index is -0.654. The Balaban J connectivity index is 1.43. The highest BCUT2D eigenvalue weighted by Gasteiger charge is 2.67. The van der Waals surface area contributed by atoms with E-state index in [1.54, 1.807) is 12.1 Å². The molecule has 0 spiro atoms. The summed E-state index contributed by atoms with van der Waals surface area (Å²) < 4.78 is 0. The molecule has 6 heteroatoms. The molecule has 4 aliphatic carbocycles. The van der Waals surface area contributed by atoms with Gasteiger partial charge in [-0.3, -0.25) is 19.8 Å². The number of amides is 3. The third-order valence-electron chi connectivity index (χ3n) is 6.02. The topological polar surface area (TPSA) is 86.7 Å². The molecule has 2 N–H and O–H groups in total. The highest BCUT2D eigenvalue weighted by Crippen LogP contribution is 2.65. The van der Waals surface area contributed by atoms with Gasteiger partial charge in [0.15, 0.2) is 0 Å². The van der Waals surface area contributed by atoms with Gasteiger partial charge in [0.25, 0.3) is 17.7 Å². The lowest BCUT2D eigenvalue weighted by atomic mass is 9.63. The van der Waals surface area contributed by atoms with Crippen molar-refractivity contribution in [3.05, 3.63) is 42.0 Å². The largest absolute Gasteiger partial charge is 0.507 e. The van der Waals surface area contributed by atoms with E-state index in [0.29, 0.717) is 11.8 Å². The second kappa shape index (κ2) is 4.47. The van der Waals surface area contributed by atoms with Crippen molar-refractivity contribution in [3.8, 4) is 5.75 Å². The van der Waals surface area contributed by atoms with Gasteiger partial charge in [0.2, 0.25) is 0 Å². The molecule has 5 aliphatic rings. The fourth-order valence-corrected chi connectivity index (χ4v) is 4.89. The molecule has 24 heavy (non-hydrogen) atoms. The van der Waals surface area contributed by atoms with Gasteiger partial charge in [0.1, 0.15) is 5.75 Å². The van der Waals surface area contributed by atoms with Crippen LogP contribution >= 0.6 is 0 Å². The van der Waals surface area contributed by atoms with Crippen LogP contribution < -0.4 is 5.43 Å². The Morgan fingerprint density at radius 3 is 2.21 bits per heavy atom. The summed E-state index contributed by atoms with van der Waals surface area (Å²) in [4.78, 5) is 37.8. The van der Waals surface area contributed by atoms with Crippen molar-refractivity contribution < 1.29 is 19.5 Å². The molecule has 122 valence electrons. The average Bonchev–Trinajstić information content (AvgIpc) is 3.36. The van der Waals surface area contributed by atoms with Gasteiger partial charge in [0.05, 0.1) is 17.4 Å². The summed E-state index contributed by atoms with van der Waals surface area (Å²) in [6.07, 6.45) is 5.26. The summed E-state index contributed by atoms with van der Waals surface area (Å²) >= 11 is 0. The van der Waals surface area contributed by atoms with Gasteiger partial charge in [0, 0.05) is 0 Å². The van der Waals surface area contributed by atoms with Gasteiger partial charge in [-0.2, -0.15) is 5.01 Å². The molecule has 1 aromatic carbocycles. The first-order chi connectivity index (χ1) is 11.6. The normalized spacial score (nSPS) is 38.1. The van der Waals surface area contributed by atoms with Crippen LogP contribution in [0.4, 0.5) is 0 Å². The highest BCUT2D eigenvalue weighted by atomic mass is 16.3. The number of carbonyl (C=O) groups is 3. The lowest BCUT2D eigenvalue weighted by Crippen LogP contribution is -2.46. The zero-order valence-electron chi connectivity index (χ0n) is 12.8. The molecular weight excluding hydrogens is 308 g/mol. The van der Waals surface area contributed by atoms with E-state index in [0.717, 1.165) is 11.4 Å². The number of carbonyl (C=O) groups excluding carboxylic acids is 3. The van der Waals surface area contributed by atoms with Crippen LogP contribution in [0.15, 0.2) is 36.4 Å². The van der Waals surface area contributed by atoms with Gasteiger partial charge >= 0.3 is 0 Å². The second-order valence-electron chi connectivity index (χ2n) is 7.12. The number of nitrogens with zero attached hydrogens (tertiary/aromatic N) is 1. The Kier molecular flexibility index (Phi) is 2.56. The van der Waals surface area contributed by atoms with Gasteiger partial charge in [-0.25, -0.2) is 0 Å². The second-order valence-corrected chi connectivity index (χ2v) is 7.12. The van der Waals surface area contributed by atoms with Crippen molar-refractivity contribution in [2.75, 3.05) is 0 Å². The number of rotatable bonds is 2. The predicted molar refractivity (Wildman–Crippen MR) is 82.1 cm³/mol. The molecule has 1 heterocycles. The van der Waals surface area contributed by atoms with Gasteiger partial charge < -0.3 is 5.11 Å². The number of benzene rings is 1. The first-order valence-electron chi connectivity index (χ1n) is 8.23. The van der Waals surface area contributed by atoms with Crippen LogP contribution in [0.3, 0.4) is 0 Å². The lowest BCUT2D eigenvalue weighted by Gasteiger charge is -2.37. The van der Waals surface area contributed by atoms with Crippen molar-refractivity contribution in [2.45, 2.75) is 6.42 Å². The van der Waals surface area contributed by atoms with E-state index in [2.05, 4.69) is 17.6 Å². The summed E-state index contributed by atoms with van der Waals surface area (Å²) in [6, 6.07) is 6.05. The number of hydrazine groups is 1. The lowest BCUT2D eigenvalue weighted by molar-refractivity contribution is -0.143. The Bertz CT molecular complexity index is 781. The molecule has 6 unspecified atom stereocenters. The molecule has 3 amide bonds. The third kappa shape index (κ3) is 1.63. The highest BCUT2D eigenvalue weighted by molar-refractivity contribution is 6.09. The molecular formula is C18H16N2O4. The molecule has 0 radical (unpaired) electrons. The van der Waals surface area contributed by atoms with Crippen molar-refractivity contribution in [3.63, 3.8) is 0 Å². The number of allylic oxidation sites excluding steroid dienone is 2. The zero-order chi connectivity index (χ0) is 16.6. The molecule has 1 aliphatic heterocycles. The minimum Gasteiger partial charge on any atom is -0.507 e. The van der Waals surface area contributed by atoms with E-state index in [-0.39, 0.29) is 46.8 Å². The Morgan fingerprint density at radius 1 is 1.04 bits per heavy atom. The number of hydrogen-bond acceptors (Lipinski definition) is 4. The number of para-hydroxylation sites is 1. The standard InChI is InChI=1S/C18H16N2O4/c21-13-4-2-1-3-10(13)16(22)19-20-17(23)14-8-5-6-9(12-7-11(8)12)15(14)18(20)24/h1-6,8-9,11-12,14-15,21H,7H2,(H,19,22). The van der Waals surface area contributed by atoms with E-state index in [1.807, 2.05) is 0 Å². The maximum Gasteiger partial charge on any atom is 0.274 e. The Hall–Kier alpha value is -2.63. The molecule has 6 rings (SSSR count). The Labute approximate surface area is 138 Å². The monoisotopic (exact) mass is 324 g/mol. The molecule has 1 saturated heterocycles. The Morgan fingerprint density at radius 2 is 1.62 bits per heavy atom. The van der Waals surface area contributed by atoms with Crippen LogP contribution in [0.5, 0.6) is 5.75 Å². The summed E-state index contributed by atoms with van der Waals surface area (Å²) in [5, 5.41) is 10.6. The van der Waals surface area contributed by atoms with Crippen molar-refractivity contribution in [2.24, 2.45) is 35.5 Å². The summed E-state index contributed by atoms with van der Waals surface area (Å²) in [6.45, 7) is 0. The van der Waals surface area contributed by atoms with Crippen LogP contribution in [0.2, 0.25) is 0 Å². The van der Waals surface area contributed by atoms with Gasteiger partial charge in [-0.05, 0) is 42.2 Å². The van der Waals surface area contributed by atoms with Crippen molar-refractivity contribution in [1.82, 2.24) is 10.4 Å². The SMILES string of the molecule is O=C(NN1C(=O)C2C3C=CC(C4CC34)C2C1=O)c1ccccc1O. The summed E-state index contributed by atoms with van der Waals surface area (Å²) in [5.41, 5.74) is 2.44. The smallest absolute Gasteiger partial charge is 0.274 e. The molecule has 0 aromatic heterocycles. The molecule has 2 saturated carbocycles. The fraction of sp³-hybridized carbons (Fsp3) is 0.389. The third-order valence-corrected chi connectivity index (χ3v) is 6.02.